The minimum atomic E-state index is -1.08. The van der Waals surface area contributed by atoms with Crippen LogP contribution in [0.1, 0.15) is 77.2 Å². The SMILES string of the molecule is CC(C)N[C@H](C)C(=O)N[C@H](C(=O)N[C@@H](CCCNC(N)=O)C(=O)Nc1ccc(COC(=O)C(C)C)c(C(=O)NCCN)c1)C(C)C. The minimum Gasteiger partial charge on any atom is -0.461 e. The topological polar surface area (TPSA) is 236 Å². The van der Waals surface area contributed by atoms with Gasteiger partial charge < -0.3 is 48.1 Å². The molecule has 15 heteroatoms. The number of urea groups is 1. The average Bonchev–Trinajstić information content (AvgIpc) is 2.97. The molecule has 258 valence electrons. The third-order valence-corrected chi connectivity index (χ3v) is 6.72. The van der Waals surface area contributed by atoms with Crippen LogP contribution in [-0.2, 0) is 30.5 Å². The fraction of sp³-hybridized carbons (Fsp3) is 0.613. The third-order valence-electron chi connectivity index (χ3n) is 6.72. The summed E-state index contributed by atoms with van der Waals surface area (Å²) in [5.74, 6) is -3.10. The van der Waals surface area contributed by atoms with Crippen LogP contribution in [-0.4, -0.2) is 79.4 Å². The predicted octanol–water partition coefficient (Wildman–Crippen LogP) is 0.473. The van der Waals surface area contributed by atoms with Crippen LogP contribution in [0.4, 0.5) is 10.5 Å². The molecular weight excluding hydrogens is 596 g/mol. The maximum absolute atomic E-state index is 13.5. The number of amides is 6. The molecule has 0 aliphatic carbocycles. The van der Waals surface area contributed by atoms with E-state index in [1.54, 1.807) is 46.8 Å². The summed E-state index contributed by atoms with van der Waals surface area (Å²) in [5.41, 5.74) is 11.5. The van der Waals surface area contributed by atoms with Crippen LogP contribution in [0.2, 0.25) is 0 Å². The highest BCUT2D eigenvalue weighted by Gasteiger charge is 2.30. The summed E-state index contributed by atoms with van der Waals surface area (Å²) in [6.07, 6.45) is 0.414. The van der Waals surface area contributed by atoms with Crippen LogP contribution in [0.3, 0.4) is 0 Å². The van der Waals surface area contributed by atoms with E-state index in [4.69, 9.17) is 16.2 Å². The summed E-state index contributed by atoms with van der Waals surface area (Å²) in [6.45, 7) is 12.8. The highest BCUT2D eigenvalue weighted by molar-refractivity contribution is 6.01. The number of hydrogen-bond donors (Lipinski definition) is 8. The predicted molar refractivity (Wildman–Crippen MR) is 174 cm³/mol. The summed E-state index contributed by atoms with van der Waals surface area (Å²) >= 11 is 0. The lowest BCUT2D eigenvalue weighted by Gasteiger charge is -2.27. The minimum absolute atomic E-state index is 0.0468. The van der Waals surface area contributed by atoms with E-state index in [0.717, 1.165) is 0 Å². The number of benzene rings is 1. The molecule has 1 aromatic carbocycles. The molecule has 15 nitrogen and oxygen atoms in total. The largest absolute Gasteiger partial charge is 0.461 e. The molecule has 1 aromatic rings. The molecule has 0 fully saturated rings. The van der Waals surface area contributed by atoms with Crippen molar-refractivity contribution in [2.45, 2.75) is 92.1 Å². The normalized spacial score (nSPS) is 13.0. The molecule has 1 rings (SSSR count). The second-order valence-electron chi connectivity index (χ2n) is 11.9. The van der Waals surface area contributed by atoms with Crippen molar-refractivity contribution in [3.8, 4) is 0 Å². The second-order valence-corrected chi connectivity index (χ2v) is 11.9. The van der Waals surface area contributed by atoms with Gasteiger partial charge in [0.15, 0.2) is 0 Å². The maximum atomic E-state index is 13.5. The molecule has 0 heterocycles. The van der Waals surface area contributed by atoms with E-state index >= 15 is 0 Å². The number of esters is 1. The first-order valence-electron chi connectivity index (χ1n) is 15.6. The zero-order valence-corrected chi connectivity index (χ0v) is 28.0. The molecule has 6 amide bonds. The van der Waals surface area contributed by atoms with Gasteiger partial charge in [0.1, 0.15) is 18.7 Å². The number of rotatable bonds is 19. The molecule has 0 spiro atoms. The first kappa shape index (κ1) is 39.8. The Kier molecular flexibility index (Phi) is 17.3. The number of carbonyl (C=O) groups excluding carboxylic acids is 6. The van der Waals surface area contributed by atoms with Crippen LogP contribution >= 0.6 is 0 Å². The quantitative estimate of drug-likeness (QED) is 0.0768. The lowest BCUT2D eigenvalue weighted by molar-refractivity contribution is -0.148. The molecule has 0 saturated carbocycles. The van der Waals surface area contributed by atoms with Gasteiger partial charge in [-0.1, -0.05) is 47.6 Å². The van der Waals surface area contributed by atoms with E-state index in [-0.39, 0.29) is 67.7 Å². The zero-order valence-electron chi connectivity index (χ0n) is 28.0. The van der Waals surface area contributed by atoms with Gasteiger partial charge in [0.2, 0.25) is 17.7 Å². The number of primary amides is 1. The van der Waals surface area contributed by atoms with E-state index in [1.165, 1.54) is 6.07 Å². The van der Waals surface area contributed by atoms with Gasteiger partial charge in [-0.2, -0.15) is 0 Å². The van der Waals surface area contributed by atoms with E-state index in [1.807, 2.05) is 13.8 Å². The molecule has 0 radical (unpaired) electrons. The second kappa shape index (κ2) is 20.0. The number of hydrogen-bond acceptors (Lipinski definition) is 9. The summed E-state index contributed by atoms with van der Waals surface area (Å²) in [6, 6.07) is 1.30. The molecule has 0 bridgehead atoms. The highest BCUT2D eigenvalue weighted by Crippen LogP contribution is 2.19. The number of anilines is 1. The lowest BCUT2D eigenvalue weighted by atomic mass is 10.0. The van der Waals surface area contributed by atoms with E-state index in [9.17, 15) is 28.8 Å². The Morgan fingerprint density at radius 2 is 1.52 bits per heavy atom. The van der Waals surface area contributed by atoms with Gasteiger partial charge in [-0.25, -0.2) is 4.79 Å². The Morgan fingerprint density at radius 3 is 2.09 bits per heavy atom. The first-order valence-corrected chi connectivity index (χ1v) is 15.6. The number of nitrogens with one attached hydrogen (secondary N) is 6. The summed E-state index contributed by atoms with van der Waals surface area (Å²) in [7, 11) is 0. The molecule has 46 heavy (non-hydrogen) atoms. The van der Waals surface area contributed by atoms with Gasteiger partial charge in [-0.15, -0.1) is 0 Å². The van der Waals surface area contributed by atoms with Crippen LogP contribution in [0, 0.1) is 11.8 Å². The molecule has 0 unspecified atom stereocenters. The fourth-order valence-corrected chi connectivity index (χ4v) is 4.25. The van der Waals surface area contributed by atoms with Crippen molar-refractivity contribution in [2.24, 2.45) is 23.3 Å². The molecular formula is C31H52N8O7. The van der Waals surface area contributed by atoms with Gasteiger partial charge in [0.25, 0.3) is 5.91 Å². The Labute approximate surface area is 271 Å². The van der Waals surface area contributed by atoms with Crippen molar-refractivity contribution in [1.82, 2.24) is 26.6 Å². The molecule has 0 saturated heterocycles. The lowest BCUT2D eigenvalue weighted by Crippen LogP contribution is -2.57. The van der Waals surface area contributed by atoms with Gasteiger partial charge in [-0.05, 0) is 37.8 Å². The zero-order chi connectivity index (χ0) is 35.0. The Balaban J connectivity index is 3.25. The van der Waals surface area contributed by atoms with Crippen LogP contribution in [0.25, 0.3) is 0 Å². The van der Waals surface area contributed by atoms with Gasteiger partial charge in [0, 0.05) is 42.5 Å². The Hall–Kier alpha value is -4.24. The number of carbonyl (C=O) groups is 6. The van der Waals surface area contributed by atoms with Crippen LogP contribution in [0.15, 0.2) is 18.2 Å². The monoisotopic (exact) mass is 648 g/mol. The maximum Gasteiger partial charge on any atom is 0.312 e. The van der Waals surface area contributed by atoms with Gasteiger partial charge >= 0.3 is 12.0 Å². The van der Waals surface area contributed by atoms with Crippen LogP contribution < -0.4 is 43.4 Å². The summed E-state index contributed by atoms with van der Waals surface area (Å²) in [4.78, 5) is 75.8. The van der Waals surface area contributed by atoms with Crippen molar-refractivity contribution in [2.75, 3.05) is 25.0 Å². The third kappa shape index (κ3) is 14.2. The van der Waals surface area contributed by atoms with Crippen LogP contribution in [0.5, 0.6) is 0 Å². The smallest absolute Gasteiger partial charge is 0.312 e. The van der Waals surface area contributed by atoms with E-state index in [2.05, 4.69) is 31.9 Å². The summed E-state index contributed by atoms with van der Waals surface area (Å²) < 4.78 is 5.31. The van der Waals surface area contributed by atoms with Crippen molar-refractivity contribution < 1.29 is 33.5 Å². The highest BCUT2D eigenvalue weighted by atomic mass is 16.5. The molecule has 0 aliphatic rings. The van der Waals surface area contributed by atoms with E-state index < -0.39 is 47.8 Å². The van der Waals surface area contributed by atoms with E-state index in [0.29, 0.717) is 12.0 Å². The molecule has 0 aromatic heterocycles. The number of nitrogens with two attached hydrogens (primary N) is 2. The average molecular weight is 649 g/mol. The van der Waals surface area contributed by atoms with Gasteiger partial charge in [0.05, 0.1) is 12.0 Å². The first-order chi connectivity index (χ1) is 21.6. The Morgan fingerprint density at radius 1 is 0.848 bits per heavy atom. The number of ether oxygens (including phenoxy) is 1. The standard InChI is InChI=1S/C31H52N8O7/c1-17(2)25(39-26(40)20(7)36-19(5)6)29(43)38-24(9-8-13-35-31(33)45)28(42)37-22-11-10-21(16-46-30(44)18(3)4)23(15-22)27(41)34-14-12-32/h10-11,15,17-20,24-25,36H,8-9,12-14,16,32H2,1-7H3,(H,34,41)(H,37,42)(H,38,43)(H,39,40)(H3,33,35,45)/t20-,24+,25+/m1/s1. The van der Waals surface area contributed by atoms with Gasteiger partial charge in [-0.3, -0.25) is 24.0 Å². The molecule has 10 N–H and O–H groups in total. The van der Waals surface area contributed by atoms with Crippen molar-refractivity contribution in [3.05, 3.63) is 29.3 Å². The summed E-state index contributed by atoms with van der Waals surface area (Å²) in [5, 5.41) is 16.4. The van der Waals surface area contributed by atoms with Crippen molar-refractivity contribution >= 4 is 41.3 Å². The van der Waals surface area contributed by atoms with Crippen molar-refractivity contribution in [3.63, 3.8) is 0 Å². The molecule has 0 aliphatic heterocycles. The fourth-order valence-electron chi connectivity index (χ4n) is 4.25. The Bertz CT molecular complexity index is 1210. The van der Waals surface area contributed by atoms with Crippen molar-refractivity contribution in [1.29, 1.82) is 0 Å². The molecule has 3 atom stereocenters.